The van der Waals surface area contributed by atoms with Gasteiger partial charge in [0.15, 0.2) is 0 Å². The molecule has 0 fully saturated rings. The molecule has 492 valence electrons. The third-order valence-corrected chi connectivity index (χ3v) is 14.7. The van der Waals surface area contributed by atoms with Crippen molar-refractivity contribution in [2.75, 3.05) is 113 Å². The number of carbonyl (C=O) groups is 2. The number of rotatable bonds is 25. The number of aromatic nitrogens is 6. The molecule has 2 aromatic heterocycles. The summed E-state index contributed by atoms with van der Waals surface area (Å²) in [6, 6.07) is 25.2. The molecule has 2 aliphatic rings. The van der Waals surface area contributed by atoms with E-state index >= 15 is 0 Å². The Bertz CT molecular complexity index is 3080. The van der Waals surface area contributed by atoms with Crippen LogP contribution in [0.15, 0.2) is 84.9 Å². The number of ether oxygens (including phenoxy) is 4. The number of nitrogens with one attached hydrogen (secondary N) is 6. The lowest BCUT2D eigenvalue weighted by atomic mass is 9.93. The number of alkyl halides is 2. The molecule has 0 radical (unpaired) electrons. The average Bonchev–Trinajstić information content (AvgIpc) is 2.49. The Kier molecular flexibility index (Phi) is 31.9. The lowest BCUT2D eigenvalue weighted by Gasteiger charge is -2.28. The van der Waals surface area contributed by atoms with Crippen LogP contribution in [0.3, 0.4) is 0 Å². The van der Waals surface area contributed by atoms with E-state index in [9.17, 15) is 19.8 Å². The first-order valence-electron chi connectivity index (χ1n) is 31.0. The highest BCUT2D eigenvalue weighted by Crippen LogP contribution is 2.29. The van der Waals surface area contributed by atoms with Crippen molar-refractivity contribution in [1.82, 2.24) is 50.3 Å². The molecule has 0 spiro atoms. The first kappa shape index (κ1) is 73.5. The number of nitrogens with zero attached hydrogens (tertiary/aromatic N) is 8. The van der Waals surface area contributed by atoms with Gasteiger partial charge in [0.25, 0.3) is 11.8 Å². The fourth-order valence-electron chi connectivity index (χ4n) is 9.50. The minimum Gasteiger partial charge on any atom is -0.508 e. The van der Waals surface area contributed by atoms with Crippen LogP contribution in [0.2, 0.25) is 0 Å². The van der Waals surface area contributed by atoms with Crippen molar-refractivity contribution in [3.63, 3.8) is 0 Å². The van der Waals surface area contributed by atoms with E-state index < -0.39 is 0 Å². The van der Waals surface area contributed by atoms with Crippen LogP contribution < -0.4 is 50.8 Å². The fourth-order valence-corrected chi connectivity index (χ4v) is 10.3. The number of fused-ring (bicyclic) bond motifs is 11. The molecular weight excluding hydrogens is 1280 g/mol. The molecule has 90 heavy (non-hydrogen) atoms. The lowest BCUT2D eigenvalue weighted by Crippen LogP contribution is -2.40. The second-order valence-electron chi connectivity index (χ2n) is 23.9. The van der Waals surface area contributed by atoms with E-state index in [1.54, 1.807) is 42.5 Å². The molecule has 4 aromatic carbocycles. The van der Waals surface area contributed by atoms with Crippen molar-refractivity contribution in [2.45, 2.75) is 119 Å². The Morgan fingerprint density at radius 1 is 0.622 bits per heavy atom. The summed E-state index contributed by atoms with van der Waals surface area (Å²) in [5.74, 6) is 2.04. The molecular formula is C66H96Br2N14O8. The number of unbranched alkanes of at least 4 members (excludes halogenated alkanes) is 4. The van der Waals surface area contributed by atoms with Gasteiger partial charge in [-0.15, -0.1) is 0 Å². The van der Waals surface area contributed by atoms with Gasteiger partial charge in [-0.2, -0.15) is 29.9 Å². The van der Waals surface area contributed by atoms with Gasteiger partial charge in [0.1, 0.15) is 23.0 Å². The third kappa shape index (κ3) is 28.3. The summed E-state index contributed by atoms with van der Waals surface area (Å²) < 4.78 is 23.2. The van der Waals surface area contributed by atoms with E-state index in [2.05, 4.69) is 131 Å². The lowest BCUT2D eigenvalue weighted by molar-refractivity contribution is 0.0918. The molecule has 6 aromatic rings. The Morgan fingerprint density at radius 2 is 1.18 bits per heavy atom. The second-order valence-corrected chi connectivity index (χ2v) is 25.5. The third-order valence-electron chi connectivity index (χ3n) is 13.5. The highest BCUT2D eigenvalue weighted by Gasteiger charge is 2.24. The van der Waals surface area contributed by atoms with Crippen molar-refractivity contribution < 1.29 is 38.7 Å². The van der Waals surface area contributed by atoms with Crippen LogP contribution in [0.5, 0.6) is 35.0 Å². The molecule has 0 saturated carbocycles. The van der Waals surface area contributed by atoms with E-state index in [-0.39, 0.29) is 63.6 Å². The van der Waals surface area contributed by atoms with Crippen LogP contribution in [0.25, 0.3) is 0 Å². The topological polar surface area (TPSA) is 268 Å². The van der Waals surface area contributed by atoms with E-state index in [4.69, 9.17) is 18.9 Å². The minimum absolute atomic E-state index is 0.0860. The van der Waals surface area contributed by atoms with Gasteiger partial charge in [0, 0.05) is 73.4 Å². The Balaban J connectivity index is 0.000000291. The van der Waals surface area contributed by atoms with Gasteiger partial charge in [0.2, 0.25) is 23.8 Å². The zero-order valence-corrected chi connectivity index (χ0v) is 57.5. The largest absolute Gasteiger partial charge is 0.508 e. The van der Waals surface area contributed by atoms with Gasteiger partial charge in [0.05, 0.1) is 37.6 Å². The molecule has 2 amide bonds. The summed E-state index contributed by atoms with van der Waals surface area (Å²) in [6.07, 6.45) is 11.9. The molecule has 8 rings (SSSR count). The van der Waals surface area contributed by atoms with Gasteiger partial charge in [-0.3, -0.25) is 9.59 Å². The number of benzene rings is 4. The number of hydrogen-bond acceptors (Lipinski definition) is 20. The number of phenols is 2. The Hall–Kier alpha value is -7.28. The first-order valence-corrected chi connectivity index (χ1v) is 33.3. The molecule has 8 N–H and O–H groups in total. The van der Waals surface area contributed by atoms with Crippen molar-refractivity contribution in [3.8, 4) is 35.0 Å². The van der Waals surface area contributed by atoms with E-state index in [0.29, 0.717) is 87.2 Å². The summed E-state index contributed by atoms with van der Waals surface area (Å²) in [6.45, 7) is 17.7. The van der Waals surface area contributed by atoms with Crippen LogP contribution in [-0.4, -0.2) is 153 Å². The van der Waals surface area contributed by atoms with Gasteiger partial charge in [-0.25, -0.2) is 0 Å². The highest BCUT2D eigenvalue weighted by atomic mass is 79.9. The molecule has 6 bridgehead atoms. The molecule has 22 nitrogen and oxygen atoms in total. The molecule has 4 heterocycles. The standard InChI is InChI=1S/C33H47N7O4.C26H35N7O4.C7H14Br2/c1-6-42-32-38-30-34-21-24-12-15-26(16-13-24)43-18-10-8-7-9-11-19-44-28-20-25(36-31(37-30)39-32)14-17-27(28)29(41)35-22-33(2,3)23-40(4)5;1-6-37-25-31-23(27-14-17-7-10-19(34)11-8-17)30-24(32-25)29-18-9-12-20(21(35)13-18)22(36)28-15-26(2,3)16-33(4)5;8-6-4-2-1-3-5-7-9/h12-17,20H,6-11,18-19,21-23H2,1-5H3,(H,35,41)(H2,34,36,37,38,39);7-13,34-35H,6,14-16H2,1-5H3,(H,28,36)(H2,27,29,30,31,32);1-7H2. The summed E-state index contributed by atoms with van der Waals surface area (Å²) in [5, 5.41) is 40.9. The quantitative estimate of drug-likeness (QED) is 0.0195. The number of amides is 2. The Labute approximate surface area is 549 Å². The number of halogens is 2. The SMILES string of the molecule is BrCCCCCCCBr.CCOc1nc(NCc2ccc(O)cc2)nc(Nc2ccc(C(=O)NCC(C)(C)CN(C)C)c(O)c2)n1.CCOc1nc2nc(n1)Nc1ccc(C(=O)NCC(C)(C)CN(C)C)c(c1)OCCCCCCCOc1ccc(cc1)CN2. The van der Waals surface area contributed by atoms with Crippen LogP contribution >= 0.6 is 31.9 Å². The molecule has 0 saturated heterocycles. The minimum atomic E-state index is -0.351. The van der Waals surface area contributed by atoms with Crippen molar-refractivity contribution in [2.24, 2.45) is 10.8 Å². The monoisotopic (exact) mass is 1370 g/mol. The van der Waals surface area contributed by atoms with E-state index in [1.807, 2.05) is 78.4 Å². The van der Waals surface area contributed by atoms with Crippen LogP contribution in [0, 0.1) is 10.8 Å². The average molecular weight is 1370 g/mol. The maximum atomic E-state index is 13.3. The number of carbonyl (C=O) groups excluding carboxylic acids is 2. The van der Waals surface area contributed by atoms with Crippen molar-refractivity contribution in [1.29, 1.82) is 0 Å². The molecule has 0 unspecified atom stereocenters. The maximum absolute atomic E-state index is 13.3. The number of phenolic OH excluding ortho intramolecular Hbond substituents is 2. The summed E-state index contributed by atoms with van der Waals surface area (Å²) in [4.78, 5) is 56.5. The smallest absolute Gasteiger partial charge is 0.323 e. The molecule has 0 aliphatic carbocycles. The predicted octanol–water partition coefficient (Wildman–Crippen LogP) is 12.7. The number of anilines is 6. The first-order chi connectivity index (χ1) is 43.2. The predicted molar refractivity (Wildman–Crippen MR) is 366 cm³/mol. The summed E-state index contributed by atoms with van der Waals surface area (Å²) >= 11 is 6.82. The maximum Gasteiger partial charge on any atom is 0.323 e. The van der Waals surface area contributed by atoms with Gasteiger partial charge in [-0.05, 0) is 138 Å². The van der Waals surface area contributed by atoms with Crippen LogP contribution in [-0.2, 0) is 13.1 Å². The molecule has 24 heteroatoms. The summed E-state index contributed by atoms with van der Waals surface area (Å²) in [7, 11) is 8.04. The number of aromatic hydroxyl groups is 2. The van der Waals surface area contributed by atoms with Crippen molar-refractivity contribution in [3.05, 3.63) is 107 Å². The van der Waals surface area contributed by atoms with Crippen molar-refractivity contribution >= 4 is 78.8 Å². The normalized spacial score (nSPS) is 12.8. The molecule has 0 atom stereocenters. The second kappa shape index (κ2) is 39.1. The van der Waals surface area contributed by atoms with Gasteiger partial charge in [-0.1, -0.05) is 122 Å². The molecule has 2 aliphatic heterocycles. The zero-order chi connectivity index (χ0) is 65.3. The number of hydrogen-bond donors (Lipinski definition) is 8. The highest BCUT2D eigenvalue weighted by molar-refractivity contribution is 9.09. The van der Waals surface area contributed by atoms with Crippen LogP contribution in [0.4, 0.5) is 35.2 Å². The summed E-state index contributed by atoms with van der Waals surface area (Å²) in [5.41, 5.74) is 3.61. The van der Waals surface area contributed by atoms with Gasteiger partial charge >= 0.3 is 12.0 Å². The van der Waals surface area contributed by atoms with Crippen LogP contribution in [0.1, 0.15) is 138 Å². The zero-order valence-electron chi connectivity index (χ0n) is 54.3. The Morgan fingerprint density at radius 3 is 1.78 bits per heavy atom. The fraction of sp³-hybridized carbons (Fsp3) is 0.515. The van der Waals surface area contributed by atoms with E-state index in [0.717, 1.165) is 62.1 Å². The van der Waals surface area contributed by atoms with Gasteiger partial charge < -0.3 is 70.9 Å². The van der Waals surface area contributed by atoms with E-state index in [1.165, 1.54) is 48.8 Å².